The van der Waals surface area contributed by atoms with Gasteiger partial charge in [0.25, 0.3) is 0 Å². The second-order valence-electron chi connectivity index (χ2n) is 5.52. The molecule has 2 unspecified atom stereocenters. The van der Waals surface area contributed by atoms with Gasteiger partial charge in [0, 0.05) is 31.8 Å². The van der Waals surface area contributed by atoms with E-state index >= 15 is 0 Å². The van der Waals surface area contributed by atoms with Crippen molar-refractivity contribution >= 4 is 0 Å². The summed E-state index contributed by atoms with van der Waals surface area (Å²) < 4.78 is 5.41. The molecule has 3 nitrogen and oxygen atoms in total. The van der Waals surface area contributed by atoms with Crippen molar-refractivity contribution in [2.75, 3.05) is 26.8 Å². The molecule has 0 aliphatic carbocycles. The van der Waals surface area contributed by atoms with E-state index in [2.05, 4.69) is 44.8 Å². The molecule has 0 radical (unpaired) electrons. The number of hydrogen-bond acceptors (Lipinski definition) is 3. The second-order valence-corrected chi connectivity index (χ2v) is 5.52. The predicted molar refractivity (Wildman–Crippen MR) is 80.2 cm³/mol. The smallest absolute Gasteiger partial charge is 0.0630 e. The lowest BCUT2D eigenvalue weighted by Crippen LogP contribution is -2.50. The molecular weight excluding hydrogens is 224 g/mol. The van der Waals surface area contributed by atoms with Crippen molar-refractivity contribution in [3.8, 4) is 0 Å². The third-order valence-electron chi connectivity index (χ3n) is 3.52. The minimum Gasteiger partial charge on any atom is -0.383 e. The first-order valence-corrected chi connectivity index (χ1v) is 7.54. The molecule has 1 N–H and O–H groups in total. The molecule has 18 heavy (non-hydrogen) atoms. The number of methoxy groups -OCH3 is 1. The van der Waals surface area contributed by atoms with Crippen LogP contribution >= 0.6 is 0 Å². The van der Waals surface area contributed by atoms with E-state index in [0.717, 1.165) is 13.2 Å². The number of unbranched alkanes of at least 4 members (excludes halogenated alkanes) is 1. The van der Waals surface area contributed by atoms with E-state index < -0.39 is 0 Å². The zero-order chi connectivity index (χ0) is 14.0. The van der Waals surface area contributed by atoms with Crippen LogP contribution in [0.5, 0.6) is 0 Å². The highest BCUT2D eigenvalue weighted by Gasteiger charge is 2.22. The molecule has 110 valence electrons. The van der Waals surface area contributed by atoms with E-state index in [0.29, 0.717) is 18.1 Å². The quantitative estimate of drug-likeness (QED) is 0.617. The largest absolute Gasteiger partial charge is 0.383 e. The van der Waals surface area contributed by atoms with Crippen LogP contribution in [0.2, 0.25) is 0 Å². The summed E-state index contributed by atoms with van der Waals surface area (Å²) in [6.07, 6.45) is 3.72. The Hall–Kier alpha value is -0.120. The van der Waals surface area contributed by atoms with Crippen LogP contribution in [0.15, 0.2) is 0 Å². The first kappa shape index (κ1) is 17.9. The van der Waals surface area contributed by atoms with Gasteiger partial charge in [0.1, 0.15) is 0 Å². The lowest BCUT2D eigenvalue weighted by Gasteiger charge is -2.36. The molecule has 0 amide bonds. The Bertz CT molecular complexity index is 185. The summed E-state index contributed by atoms with van der Waals surface area (Å²) >= 11 is 0. The van der Waals surface area contributed by atoms with Crippen LogP contribution in [-0.4, -0.2) is 49.8 Å². The first-order valence-electron chi connectivity index (χ1n) is 7.54. The van der Waals surface area contributed by atoms with Crippen molar-refractivity contribution in [3.63, 3.8) is 0 Å². The molecule has 0 aromatic heterocycles. The number of ether oxygens (including phenoxy) is 1. The van der Waals surface area contributed by atoms with Gasteiger partial charge in [-0.25, -0.2) is 0 Å². The summed E-state index contributed by atoms with van der Waals surface area (Å²) in [6, 6.07) is 1.65. The zero-order valence-corrected chi connectivity index (χ0v) is 13.3. The third-order valence-corrected chi connectivity index (χ3v) is 3.52. The Morgan fingerprint density at radius 3 is 2.28 bits per heavy atom. The standard InChI is InChI=1S/C15H34N2O/c1-7-9-10-17(14(5)8-2)15(12-18-6)11-16-13(3)4/h13-16H,7-12H2,1-6H3. The van der Waals surface area contributed by atoms with Crippen molar-refractivity contribution in [3.05, 3.63) is 0 Å². The monoisotopic (exact) mass is 258 g/mol. The Kier molecular flexibility index (Phi) is 10.7. The fraction of sp³-hybridized carbons (Fsp3) is 1.00. The molecule has 0 heterocycles. The summed E-state index contributed by atoms with van der Waals surface area (Å²) in [5.74, 6) is 0. The third kappa shape index (κ3) is 7.34. The molecule has 0 spiro atoms. The number of nitrogens with one attached hydrogen (secondary N) is 1. The van der Waals surface area contributed by atoms with Gasteiger partial charge < -0.3 is 10.1 Å². The van der Waals surface area contributed by atoms with Crippen LogP contribution in [0.1, 0.15) is 53.9 Å². The summed E-state index contributed by atoms with van der Waals surface area (Å²) in [4.78, 5) is 2.61. The summed E-state index contributed by atoms with van der Waals surface area (Å²) in [5, 5.41) is 3.54. The SMILES string of the molecule is CCCCN(C(C)CC)C(CNC(C)C)COC. The Morgan fingerprint density at radius 2 is 1.83 bits per heavy atom. The number of hydrogen-bond donors (Lipinski definition) is 1. The second kappa shape index (κ2) is 10.8. The van der Waals surface area contributed by atoms with Crippen LogP contribution in [0.4, 0.5) is 0 Å². The van der Waals surface area contributed by atoms with Crippen molar-refractivity contribution in [2.45, 2.75) is 72.0 Å². The van der Waals surface area contributed by atoms with Gasteiger partial charge in [0.15, 0.2) is 0 Å². The summed E-state index contributed by atoms with van der Waals surface area (Å²) in [7, 11) is 1.80. The van der Waals surface area contributed by atoms with Gasteiger partial charge in [0.2, 0.25) is 0 Å². The van der Waals surface area contributed by atoms with Gasteiger partial charge >= 0.3 is 0 Å². The fourth-order valence-electron chi connectivity index (χ4n) is 2.17. The van der Waals surface area contributed by atoms with Crippen molar-refractivity contribution in [1.82, 2.24) is 10.2 Å². The highest BCUT2D eigenvalue weighted by Crippen LogP contribution is 2.11. The molecule has 3 heteroatoms. The predicted octanol–water partition coefficient (Wildman–Crippen LogP) is 2.90. The van der Waals surface area contributed by atoms with Crippen molar-refractivity contribution < 1.29 is 4.74 Å². The highest BCUT2D eigenvalue weighted by atomic mass is 16.5. The van der Waals surface area contributed by atoms with E-state index in [1.54, 1.807) is 7.11 Å². The average molecular weight is 258 g/mol. The molecule has 2 atom stereocenters. The molecule has 0 saturated carbocycles. The maximum atomic E-state index is 5.41. The number of rotatable bonds is 11. The zero-order valence-electron chi connectivity index (χ0n) is 13.3. The Labute approximate surface area is 114 Å². The lowest BCUT2D eigenvalue weighted by atomic mass is 10.1. The molecule has 0 fully saturated rings. The van der Waals surface area contributed by atoms with Crippen LogP contribution in [0.25, 0.3) is 0 Å². The van der Waals surface area contributed by atoms with Crippen molar-refractivity contribution in [2.24, 2.45) is 0 Å². The topological polar surface area (TPSA) is 24.5 Å². The van der Waals surface area contributed by atoms with Crippen LogP contribution in [0, 0.1) is 0 Å². The molecule has 0 saturated heterocycles. The molecule has 0 rings (SSSR count). The van der Waals surface area contributed by atoms with Crippen LogP contribution in [0.3, 0.4) is 0 Å². The van der Waals surface area contributed by atoms with Crippen molar-refractivity contribution in [1.29, 1.82) is 0 Å². The summed E-state index contributed by atoms with van der Waals surface area (Å²) in [5.41, 5.74) is 0. The van der Waals surface area contributed by atoms with E-state index in [1.807, 2.05) is 0 Å². The minimum atomic E-state index is 0.485. The lowest BCUT2D eigenvalue weighted by molar-refractivity contribution is 0.0612. The normalized spacial score (nSPS) is 15.3. The molecule has 0 aromatic carbocycles. The van der Waals surface area contributed by atoms with Crippen LogP contribution < -0.4 is 5.32 Å². The van der Waals surface area contributed by atoms with Gasteiger partial charge in [-0.1, -0.05) is 34.1 Å². The fourth-order valence-corrected chi connectivity index (χ4v) is 2.17. The van der Waals surface area contributed by atoms with Gasteiger partial charge in [-0.3, -0.25) is 4.90 Å². The van der Waals surface area contributed by atoms with Gasteiger partial charge in [0.05, 0.1) is 6.61 Å². The van der Waals surface area contributed by atoms with Gasteiger partial charge in [-0.2, -0.15) is 0 Å². The Balaban J connectivity index is 4.50. The molecule has 0 aromatic rings. The first-order chi connectivity index (χ1) is 8.56. The Morgan fingerprint density at radius 1 is 1.17 bits per heavy atom. The van der Waals surface area contributed by atoms with E-state index in [-0.39, 0.29) is 0 Å². The molecule has 0 aliphatic heterocycles. The van der Waals surface area contributed by atoms with Gasteiger partial charge in [-0.05, 0) is 26.3 Å². The van der Waals surface area contributed by atoms with E-state index in [4.69, 9.17) is 4.74 Å². The average Bonchev–Trinajstić information content (AvgIpc) is 2.35. The maximum absolute atomic E-state index is 5.41. The molecule has 0 bridgehead atoms. The minimum absolute atomic E-state index is 0.485. The van der Waals surface area contributed by atoms with E-state index in [1.165, 1.54) is 25.8 Å². The molecule has 0 aliphatic rings. The molecular formula is C15H34N2O. The highest BCUT2D eigenvalue weighted by molar-refractivity contribution is 4.78. The van der Waals surface area contributed by atoms with E-state index in [9.17, 15) is 0 Å². The number of nitrogens with zero attached hydrogens (tertiary/aromatic N) is 1. The summed E-state index contributed by atoms with van der Waals surface area (Å²) in [6.45, 7) is 14.3. The van der Waals surface area contributed by atoms with Crippen LogP contribution in [-0.2, 0) is 4.74 Å². The van der Waals surface area contributed by atoms with Gasteiger partial charge in [-0.15, -0.1) is 0 Å². The maximum Gasteiger partial charge on any atom is 0.0630 e.